The summed E-state index contributed by atoms with van der Waals surface area (Å²) in [7, 11) is 0. The first-order valence-electron chi connectivity index (χ1n) is 5.71. The Kier molecular flexibility index (Phi) is 3.00. The lowest BCUT2D eigenvalue weighted by Crippen LogP contribution is -2.36. The molecule has 0 nitrogen and oxygen atoms in total. The summed E-state index contributed by atoms with van der Waals surface area (Å²) < 4.78 is 0. The molecule has 0 aromatic heterocycles. The number of rotatable bonds is 0. The Balaban J connectivity index is 2.93. The third kappa shape index (κ3) is 2.53. The summed E-state index contributed by atoms with van der Waals surface area (Å²) in [6.45, 7) is 14.0. The topological polar surface area (TPSA) is 0 Å². The van der Waals surface area contributed by atoms with Crippen LogP contribution in [-0.2, 0) is 0 Å². The third-order valence-corrected chi connectivity index (χ3v) is 3.29. The number of hydrogen-bond donors (Lipinski definition) is 0. The van der Waals surface area contributed by atoms with Gasteiger partial charge in [-0.15, -0.1) is 5.92 Å². The van der Waals surface area contributed by atoms with Crippen LogP contribution in [0.1, 0.15) is 54.4 Å². The summed E-state index contributed by atoms with van der Waals surface area (Å²) >= 11 is 0. The molecule has 1 aliphatic carbocycles. The Morgan fingerprint density at radius 3 is 1.86 bits per heavy atom. The van der Waals surface area contributed by atoms with Crippen molar-refractivity contribution >= 4 is 0 Å². The second-order valence-corrected chi connectivity index (χ2v) is 6.68. The van der Waals surface area contributed by atoms with Crippen molar-refractivity contribution in [2.45, 2.75) is 54.4 Å². The van der Waals surface area contributed by atoms with Crippen LogP contribution in [0.2, 0.25) is 0 Å². The zero-order chi connectivity index (χ0) is 11.0. The molecule has 0 spiro atoms. The van der Waals surface area contributed by atoms with E-state index in [1.807, 2.05) is 0 Å². The summed E-state index contributed by atoms with van der Waals surface area (Å²) in [5.74, 6) is 8.08. The van der Waals surface area contributed by atoms with Gasteiger partial charge >= 0.3 is 0 Å². The quantitative estimate of drug-likeness (QED) is 0.507. The Labute approximate surface area is 89.5 Å². The average molecular weight is 192 g/mol. The van der Waals surface area contributed by atoms with Gasteiger partial charge in [0.05, 0.1) is 0 Å². The molecule has 80 valence electrons. The van der Waals surface area contributed by atoms with Crippen molar-refractivity contribution in [2.24, 2.45) is 22.7 Å². The summed E-state index contributed by atoms with van der Waals surface area (Å²) in [6, 6.07) is 0. The van der Waals surface area contributed by atoms with Gasteiger partial charge in [0.15, 0.2) is 0 Å². The van der Waals surface area contributed by atoms with Crippen molar-refractivity contribution < 1.29 is 0 Å². The van der Waals surface area contributed by atoms with Crippen LogP contribution in [0, 0.1) is 34.5 Å². The van der Waals surface area contributed by atoms with Gasteiger partial charge in [0, 0.05) is 12.3 Å². The minimum atomic E-state index is 0.325. The van der Waals surface area contributed by atoms with E-state index in [0.717, 1.165) is 12.3 Å². The fourth-order valence-corrected chi connectivity index (χ4v) is 2.43. The van der Waals surface area contributed by atoms with Crippen molar-refractivity contribution in [3.63, 3.8) is 0 Å². The molecular weight excluding hydrogens is 168 g/mol. The van der Waals surface area contributed by atoms with Crippen LogP contribution >= 0.6 is 0 Å². The van der Waals surface area contributed by atoms with E-state index in [1.54, 1.807) is 0 Å². The van der Waals surface area contributed by atoms with Crippen molar-refractivity contribution in [1.82, 2.24) is 0 Å². The van der Waals surface area contributed by atoms with Gasteiger partial charge < -0.3 is 0 Å². The zero-order valence-corrected chi connectivity index (χ0v) is 10.6. The minimum Gasteiger partial charge on any atom is -0.103 e. The molecule has 2 unspecified atom stereocenters. The van der Waals surface area contributed by atoms with Crippen LogP contribution in [0.5, 0.6) is 0 Å². The Morgan fingerprint density at radius 2 is 1.50 bits per heavy atom. The molecule has 0 amide bonds. The second kappa shape index (κ2) is 3.61. The predicted molar refractivity (Wildman–Crippen MR) is 62.9 cm³/mol. The molecule has 2 atom stereocenters. The lowest BCUT2D eigenvalue weighted by molar-refractivity contribution is 0.101. The first-order chi connectivity index (χ1) is 6.23. The normalized spacial score (nSPS) is 28.1. The van der Waals surface area contributed by atoms with Crippen molar-refractivity contribution in [3.8, 4) is 11.8 Å². The van der Waals surface area contributed by atoms with E-state index in [0.29, 0.717) is 16.7 Å². The zero-order valence-electron chi connectivity index (χ0n) is 10.6. The maximum atomic E-state index is 3.47. The molecule has 0 bridgehead atoms. The van der Waals surface area contributed by atoms with Crippen molar-refractivity contribution in [3.05, 3.63) is 0 Å². The molecule has 0 aromatic carbocycles. The maximum Gasteiger partial charge on any atom is 0.0284 e. The smallest absolute Gasteiger partial charge is 0.0284 e. The van der Waals surface area contributed by atoms with Gasteiger partial charge in [-0.25, -0.2) is 0 Å². The first kappa shape index (κ1) is 11.6. The largest absolute Gasteiger partial charge is 0.103 e. The van der Waals surface area contributed by atoms with Gasteiger partial charge in [-0.1, -0.05) is 47.5 Å². The lowest BCUT2D eigenvalue weighted by atomic mass is 9.62. The predicted octanol–water partition coefficient (Wildman–Crippen LogP) is 4.11. The lowest BCUT2D eigenvalue weighted by Gasteiger charge is -2.42. The van der Waals surface area contributed by atoms with Crippen LogP contribution in [0.4, 0.5) is 0 Å². The summed E-state index contributed by atoms with van der Waals surface area (Å²) in [5.41, 5.74) is 0.721. The fourth-order valence-electron chi connectivity index (χ4n) is 2.43. The second-order valence-electron chi connectivity index (χ2n) is 6.68. The molecule has 14 heavy (non-hydrogen) atoms. The van der Waals surface area contributed by atoms with E-state index in [4.69, 9.17) is 0 Å². The molecule has 0 N–H and O–H groups in total. The van der Waals surface area contributed by atoms with Crippen LogP contribution in [0.3, 0.4) is 0 Å². The molecule has 0 aromatic rings. The Morgan fingerprint density at radius 1 is 0.929 bits per heavy atom. The monoisotopic (exact) mass is 192 g/mol. The molecule has 0 fully saturated rings. The van der Waals surface area contributed by atoms with E-state index >= 15 is 0 Å². The van der Waals surface area contributed by atoms with Crippen LogP contribution in [-0.4, -0.2) is 0 Å². The Hall–Kier alpha value is -0.440. The maximum absolute atomic E-state index is 3.47. The highest BCUT2D eigenvalue weighted by atomic mass is 14.4. The Bertz CT molecular complexity index is 248. The molecule has 1 rings (SSSR count). The van der Waals surface area contributed by atoms with Crippen LogP contribution < -0.4 is 0 Å². The van der Waals surface area contributed by atoms with Gasteiger partial charge in [0.2, 0.25) is 0 Å². The van der Waals surface area contributed by atoms with Gasteiger partial charge in [-0.2, -0.15) is 0 Å². The van der Waals surface area contributed by atoms with Crippen LogP contribution in [0.25, 0.3) is 0 Å². The van der Waals surface area contributed by atoms with E-state index in [-0.39, 0.29) is 0 Å². The molecule has 0 heteroatoms. The fraction of sp³-hybridized carbons (Fsp3) is 0.857. The van der Waals surface area contributed by atoms with E-state index < -0.39 is 0 Å². The summed E-state index contributed by atoms with van der Waals surface area (Å²) in [5, 5.41) is 0. The number of hydrogen-bond acceptors (Lipinski definition) is 0. The van der Waals surface area contributed by atoms with Crippen molar-refractivity contribution in [2.75, 3.05) is 0 Å². The molecule has 1 aliphatic rings. The summed E-state index contributed by atoms with van der Waals surface area (Å²) in [6.07, 6.45) is 2.37. The highest BCUT2D eigenvalue weighted by Gasteiger charge is 2.38. The van der Waals surface area contributed by atoms with Crippen molar-refractivity contribution in [1.29, 1.82) is 0 Å². The minimum absolute atomic E-state index is 0.325. The molecule has 0 saturated heterocycles. The van der Waals surface area contributed by atoms with Gasteiger partial charge in [0.1, 0.15) is 0 Å². The van der Waals surface area contributed by atoms with E-state index in [9.17, 15) is 0 Å². The summed E-state index contributed by atoms with van der Waals surface area (Å²) in [4.78, 5) is 0. The van der Waals surface area contributed by atoms with Gasteiger partial charge in [-0.3, -0.25) is 0 Å². The van der Waals surface area contributed by atoms with Gasteiger partial charge in [-0.05, 0) is 23.2 Å². The molecule has 0 aliphatic heterocycles. The highest BCUT2D eigenvalue weighted by Crippen LogP contribution is 2.44. The standard InChI is InChI=1S/C14H24/c1-13(2,3)11-9-7-8-10-12(11)14(4,5)6/h11-12H,7,9H2,1-6H3. The average Bonchev–Trinajstić information content (AvgIpc) is 2.01. The highest BCUT2D eigenvalue weighted by molar-refractivity contribution is 5.14. The molecule has 0 heterocycles. The van der Waals surface area contributed by atoms with Gasteiger partial charge in [0.25, 0.3) is 0 Å². The molecule has 0 saturated carbocycles. The van der Waals surface area contributed by atoms with E-state index in [1.165, 1.54) is 6.42 Å². The van der Waals surface area contributed by atoms with Crippen LogP contribution in [0.15, 0.2) is 0 Å². The SMILES string of the molecule is CC(C)(C)C1C#CCCC1C(C)(C)C. The molecule has 0 radical (unpaired) electrons. The molecular formula is C14H24. The first-order valence-corrected chi connectivity index (χ1v) is 5.71. The van der Waals surface area contributed by atoms with E-state index in [2.05, 4.69) is 53.4 Å². The third-order valence-electron chi connectivity index (χ3n) is 3.29.